The van der Waals surface area contributed by atoms with Gasteiger partial charge >= 0.3 is 0 Å². The van der Waals surface area contributed by atoms with Crippen molar-refractivity contribution in [1.29, 1.82) is 0 Å². The number of likely N-dealkylation sites (N-methyl/N-ethyl adjacent to an activating group) is 1. The zero-order valence-corrected chi connectivity index (χ0v) is 14.9. The molecule has 1 amide bonds. The van der Waals surface area contributed by atoms with Crippen molar-refractivity contribution in [1.82, 2.24) is 4.90 Å². The molecule has 0 aliphatic heterocycles. The normalized spacial score (nSPS) is 11.3. The smallest absolute Gasteiger partial charge is 0.243 e. The molecule has 1 rings (SSSR count). The van der Waals surface area contributed by atoms with Crippen LogP contribution in [-0.4, -0.2) is 45.1 Å². The van der Waals surface area contributed by atoms with Gasteiger partial charge in [0.1, 0.15) is 6.54 Å². The molecule has 124 valence electrons. The van der Waals surface area contributed by atoms with E-state index in [1.165, 1.54) is 4.31 Å². The quantitative estimate of drug-likeness (QED) is 0.772. The molecule has 0 heterocycles. The molecule has 0 unspecified atom stereocenters. The maximum Gasteiger partial charge on any atom is 0.243 e. The maximum atomic E-state index is 12.4. The zero-order chi connectivity index (χ0) is 16.9. The number of para-hydroxylation sites is 1. The Kier molecular flexibility index (Phi) is 6.41. The number of nitrogens with zero attached hydrogens (tertiary/aromatic N) is 2. The summed E-state index contributed by atoms with van der Waals surface area (Å²) in [5.74, 6) is -0.180. The Morgan fingerprint density at radius 3 is 2.18 bits per heavy atom. The van der Waals surface area contributed by atoms with Gasteiger partial charge in [-0.2, -0.15) is 0 Å². The minimum Gasteiger partial charge on any atom is -0.342 e. The summed E-state index contributed by atoms with van der Waals surface area (Å²) < 4.78 is 25.7. The first-order valence-corrected chi connectivity index (χ1v) is 9.44. The fourth-order valence-corrected chi connectivity index (χ4v) is 3.46. The number of rotatable bonds is 7. The molecule has 0 spiro atoms. The first-order valence-electron chi connectivity index (χ1n) is 7.60. The lowest BCUT2D eigenvalue weighted by Crippen LogP contribution is -2.43. The Labute approximate surface area is 134 Å². The topological polar surface area (TPSA) is 57.7 Å². The zero-order valence-electron chi connectivity index (χ0n) is 14.1. The molecule has 0 aromatic heterocycles. The molecule has 0 bridgehead atoms. The summed E-state index contributed by atoms with van der Waals surface area (Å²) in [6, 6.07) is 5.68. The number of hydrogen-bond acceptors (Lipinski definition) is 3. The Morgan fingerprint density at radius 1 is 1.14 bits per heavy atom. The van der Waals surface area contributed by atoms with E-state index >= 15 is 0 Å². The van der Waals surface area contributed by atoms with E-state index < -0.39 is 10.0 Å². The molecule has 0 saturated carbocycles. The molecule has 0 radical (unpaired) electrons. The second kappa shape index (κ2) is 7.63. The number of benzene rings is 1. The van der Waals surface area contributed by atoms with Crippen LogP contribution in [0, 0.1) is 6.92 Å². The third-order valence-electron chi connectivity index (χ3n) is 3.75. The van der Waals surface area contributed by atoms with Crippen LogP contribution in [0.5, 0.6) is 0 Å². The summed E-state index contributed by atoms with van der Waals surface area (Å²) in [6.07, 6.45) is 1.86. The van der Waals surface area contributed by atoms with Gasteiger partial charge in [-0.1, -0.05) is 25.1 Å². The lowest BCUT2D eigenvalue weighted by Gasteiger charge is -2.28. The van der Waals surface area contributed by atoms with Crippen LogP contribution in [0.3, 0.4) is 0 Å². The van der Waals surface area contributed by atoms with Crippen molar-refractivity contribution in [3.05, 3.63) is 29.3 Å². The van der Waals surface area contributed by atoms with Crippen LogP contribution in [-0.2, 0) is 21.2 Å². The predicted molar refractivity (Wildman–Crippen MR) is 90.7 cm³/mol. The lowest BCUT2D eigenvalue weighted by atomic mass is 10.1. The summed E-state index contributed by atoms with van der Waals surface area (Å²) in [7, 11) is -3.53. The van der Waals surface area contributed by atoms with Gasteiger partial charge in [-0.3, -0.25) is 9.10 Å². The van der Waals surface area contributed by atoms with Crippen molar-refractivity contribution >= 4 is 21.6 Å². The van der Waals surface area contributed by atoms with Gasteiger partial charge in [0.25, 0.3) is 0 Å². The van der Waals surface area contributed by atoms with Gasteiger partial charge in [0.15, 0.2) is 0 Å². The predicted octanol–water partition coefficient (Wildman–Crippen LogP) is 2.19. The summed E-state index contributed by atoms with van der Waals surface area (Å²) in [6.45, 7) is 8.61. The molecule has 1 aromatic carbocycles. The number of carbonyl (C=O) groups excluding carboxylic acids is 1. The van der Waals surface area contributed by atoms with Crippen LogP contribution in [0.1, 0.15) is 31.9 Å². The highest BCUT2D eigenvalue weighted by Gasteiger charge is 2.25. The monoisotopic (exact) mass is 326 g/mol. The summed E-state index contributed by atoms with van der Waals surface area (Å²) in [5.41, 5.74) is 2.42. The number of sulfonamides is 1. The van der Waals surface area contributed by atoms with Crippen molar-refractivity contribution in [3.8, 4) is 0 Å². The van der Waals surface area contributed by atoms with Gasteiger partial charge in [-0.05, 0) is 38.3 Å². The molecule has 0 atom stereocenters. The average Bonchev–Trinajstić information content (AvgIpc) is 2.45. The largest absolute Gasteiger partial charge is 0.342 e. The number of amides is 1. The van der Waals surface area contributed by atoms with Gasteiger partial charge in [-0.15, -0.1) is 0 Å². The molecule has 22 heavy (non-hydrogen) atoms. The van der Waals surface area contributed by atoms with E-state index in [0.29, 0.717) is 25.2 Å². The Bertz CT molecular complexity index is 622. The SMILES string of the molecule is CCc1cccc(C)c1N(CC(=O)N(CC)CC)S(C)(=O)=O. The van der Waals surface area contributed by atoms with E-state index in [1.807, 2.05) is 45.9 Å². The Balaban J connectivity index is 3.30. The first-order chi connectivity index (χ1) is 10.3. The van der Waals surface area contributed by atoms with Crippen LogP contribution >= 0.6 is 0 Å². The van der Waals surface area contributed by atoms with Crippen LogP contribution < -0.4 is 4.31 Å². The molecule has 1 aromatic rings. The van der Waals surface area contributed by atoms with E-state index in [2.05, 4.69) is 0 Å². The average molecular weight is 326 g/mol. The molecular weight excluding hydrogens is 300 g/mol. The number of carbonyl (C=O) groups is 1. The van der Waals surface area contributed by atoms with Gasteiger partial charge in [0, 0.05) is 13.1 Å². The molecule has 0 fully saturated rings. The van der Waals surface area contributed by atoms with E-state index in [0.717, 1.165) is 17.4 Å². The lowest BCUT2D eigenvalue weighted by molar-refractivity contribution is -0.129. The Morgan fingerprint density at radius 2 is 1.73 bits per heavy atom. The van der Waals surface area contributed by atoms with Crippen molar-refractivity contribution in [2.75, 3.05) is 30.2 Å². The second-order valence-corrected chi connectivity index (χ2v) is 7.18. The van der Waals surface area contributed by atoms with Gasteiger partial charge < -0.3 is 4.90 Å². The summed E-state index contributed by atoms with van der Waals surface area (Å²) >= 11 is 0. The van der Waals surface area contributed by atoms with Crippen LogP contribution in [0.2, 0.25) is 0 Å². The second-order valence-electron chi connectivity index (χ2n) is 5.27. The third kappa shape index (κ3) is 4.22. The molecular formula is C16H26N2O3S. The highest BCUT2D eigenvalue weighted by Crippen LogP contribution is 2.27. The van der Waals surface area contributed by atoms with E-state index in [4.69, 9.17) is 0 Å². The minimum absolute atomic E-state index is 0.154. The number of hydrogen-bond donors (Lipinski definition) is 0. The van der Waals surface area contributed by atoms with Crippen molar-refractivity contribution in [2.24, 2.45) is 0 Å². The van der Waals surface area contributed by atoms with Crippen LogP contribution in [0.25, 0.3) is 0 Å². The molecule has 6 heteroatoms. The van der Waals surface area contributed by atoms with Crippen LogP contribution in [0.4, 0.5) is 5.69 Å². The van der Waals surface area contributed by atoms with E-state index in [-0.39, 0.29) is 12.5 Å². The van der Waals surface area contributed by atoms with Gasteiger partial charge in [0.05, 0.1) is 11.9 Å². The fraction of sp³-hybridized carbons (Fsp3) is 0.562. The minimum atomic E-state index is -3.53. The third-order valence-corrected chi connectivity index (χ3v) is 4.86. The molecule has 0 aliphatic carbocycles. The van der Waals surface area contributed by atoms with Crippen LogP contribution in [0.15, 0.2) is 18.2 Å². The van der Waals surface area contributed by atoms with E-state index in [9.17, 15) is 13.2 Å². The highest BCUT2D eigenvalue weighted by atomic mass is 32.2. The molecule has 0 saturated heterocycles. The molecule has 0 N–H and O–H groups in total. The van der Waals surface area contributed by atoms with Crippen molar-refractivity contribution in [2.45, 2.75) is 34.1 Å². The first kappa shape index (κ1) is 18.5. The van der Waals surface area contributed by atoms with E-state index in [1.54, 1.807) is 4.90 Å². The number of aryl methyl sites for hydroxylation is 2. The van der Waals surface area contributed by atoms with Gasteiger partial charge in [-0.25, -0.2) is 8.42 Å². The number of anilines is 1. The molecule has 5 nitrogen and oxygen atoms in total. The maximum absolute atomic E-state index is 12.4. The van der Waals surface area contributed by atoms with Crippen molar-refractivity contribution < 1.29 is 13.2 Å². The highest BCUT2D eigenvalue weighted by molar-refractivity contribution is 7.92. The summed E-state index contributed by atoms with van der Waals surface area (Å²) in [5, 5.41) is 0. The van der Waals surface area contributed by atoms with Crippen molar-refractivity contribution in [3.63, 3.8) is 0 Å². The fourth-order valence-electron chi connectivity index (χ4n) is 2.52. The Hall–Kier alpha value is -1.56. The standard InChI is InChI=1S/C16H26N2O3S/c1-6-14-11-9-10-13(4)16(14)18(22(5,20)21)12-15(19)17(7-2)8-3/h9-11H,6-8,12H2,1-5H3. The van der Waals surface area contributed by atoms with Gasteiger partial charge in [0.2, 0.25) is 15.9 Å². The summed E-state index contributed by atoms with van der Waals surface area (Å²) in [4.78, 5) is 14.0. The molecule has 0 aliphatic rings.